The first-order valence-corrected chi connectivity index (χ1v) is 8.66. The molecule has 27 heavy (non-hydrogen) atoms. The molecule has 0 radical (unpaired) electrons. The highest BCUT2D eigenvalue weighted by molar-refractivity contribution is 5.95. The van der Waals surface area contributed by atoms with Crippen molar-refractivity contribution in [2.75, 3.05) is 19.4 Å². The van der Waals surface area contributed by atoms with Crippen molar-refractivity contribution in [1.29, 1.82) is 0 Å². The van der Waals surface area contributed by atoms with Gasteiger partial charge in [0.25, 0.3) is 5.91 Å². The van der Waals surface area contributed by atoms with E-state index in [0.29, 0.717) is 11.4 Å². The first-order chi connectivity index (χ1) is 13.0. The molecule has 1 N–H and O–H groups in total. The molecule has 2 aromatic heterocycles. The summed E-state index contributed by atoms with van der Waals surface area (Å²) in [4.78, 5) is 31.8. The highest BCUT2D eigenvalue weighted by atomic mass is 16.2. The maximum absolute atomic E-state index is 13.0. The number of benzene rings is 1. The molecule has 138 valence electrons. The van der Waals surface area contributed by atoms with Crippen molar-refractivity contribution in [3.63, 3.8) is 0 Å². The van der Waals surface area contributed by atoms with E-state index in [9.17, 15) is 4.79 Å². The van der Waals surface area contributed by atoms with Crippen molar-refractivity contribution in [1.82, 2.24) is 24.8 Å². The molecule has 0 saturated carbocycles. The Morgan fingerprint density at radius 2 is 2.00 bits per heavy atom. The maximum Gasteiger partial charge on any atom is 0.254 e. The monoisotopic (exact) mass is 362 g/mol. The van der Waals surface area contributed by atoms with E-state index in [1.54, 1.807) is 24.2 Å². The molecule has 0 spiro atoms. The average molecular weight is 362 g/mol. The zero-order valence-corrected chi connectivity index (χ0v) is 15.8. The van der Waals surface area contributed by atoms with Gasteiger partial charge >= 0.3 is 0 Å². The predicted octanol–water partition coefficient (Wildman–Crippen LogP) is 3.12. The number of hydrogen-bond acceptors (Lipinski definition) is 6. The average Bonchev–Trinajstić information content (AvgIpc) is 2.72. The maximum atomic E-state index is 13.0. The number of rotatable bonds is 5. The van der Waals surface area contributed by atoms with Gasteiger partial charge in [-0.05, 0) is 32.0 Å². The minimum atomic E-state index is -0.171. The zero-order chi connectivity index (χ0) is 19.4. The van der Waals surface area contributed by atoms with Gasteiger partial charge in [0, 0.05) is 43.2 Å². The van der Waals surface area contributed by atoms with Gasteiger partial charge in [0.2, 0.25) is 0 Å². The van der Waals surface area contributed by atoms with Gasteiger partial charge in [-0.25, -0.2) is 19.9 Å². The van der Waals surface area contributed by atoms with E-state index in [2.05, 4.69) is 25.3 Å². The Hall–Kier alpha value is -3.35. The highest BCUT2D eigenvalue weighted by Gasteiger charge is 2.20. The van der Waals surface area contributed by atoms with Crippen molar-refractivity contribution in [3.05, 3.63) is 65.9 Å². The van der Waals surface area contributed by atoms with Gasteiger partial charge in [-0.3, -0.25) is 4.79 Å². The molecule has 0 aliphatic carbocycles. The summed E-state index contributed by atoms with van der Waals surface area (Å²) in [5, 5.41) is 3.03. The van der Waals surface area contributed by atoms with Crippen molar-refractivity contribution >= 4 is 11.7 Å². The Kier molecular flexibility index (Phi) is 5.40. The van der Waals surface area contributed by atoms with Crippen LogP contribution in [-0.4, -0.2) is 44.8 Å². The Morgan fingerprint density at radius 1 is 1.19 bits per heavy atom. The van der Waals surface area contributed by atoms with Gasteiger partial charge in [0.1, 0.15) is 12.1 Å². The second-order valence-corrected chi connectivity index (χ2v) is 6.28. The van der Waals surface area contributed by atoms with Crippen LogP contribution in [0.1, 0.15) is 34.7 Å². The number of anilines is 1. The van der Waals surface area contributed by atoms with Gasteiger partial charge in [0.05, 0.1) is 11.7 Å². The lowest BCUT2D eigenvalue weighted by Crippen LogP contribution is -2.30. The van der Waals surface area contributed by atoms with Crippen LogP contribution in [0.5, 0.6) is 0 Å². The number of amides is 1. The molecule has 0 saturated heterocycles. The zero-order valence-electron chi connectivity index (χ0n) is 15.8. The van der Waals surface area contributed by atoms with Crippen LogP contribution in [0, 0.1) is 6.92 Å². The summed E-state index contributed by atoms with van der Waals surface area (Å²) in [6.45, 7) is 3.85. The van der Waals surface area contributed by atoms with Crippen LogP contribution < -0.4 is 5.32 Å². The van der Waals surface area contributed by atoms with E-state index >= 15 is 0 Å². The summed E-state index contributed by atoms with van der Waals surface area (Å²) < 4.78 is 0. The molecular weight excluding hydrogens is 340 g/mol. The molecular formula is C20H22N6O. The number of nitrogens with one attached hydrogen (secondary N) is 1. The smallest absolute Gasteiger partial charge is 0.254 e. The van der Waals surface area contributed by atoms with Crippen molar-refractivity contribution in [2.45, 2.75) is 19.9 Å². The molecule has 7 heteroatoms. The molecule has 0 fully saturated rings. The second-order valence-electron chi connectivity index (χ2n) is 6.28. The van der Waals surface area contributed by atoms with Gasteiger partial charge < -0.3 is 10.2 Å². The third-order valence-corrected chi connectivity index (χ3v) is 4.41. The molecule has 1 amide bonds. The fourth-order valence-electron chi connectivity index (χ4n) is 2.74. The fourth-order valence-corrected chi connectivity index (χ4v) is 2.74. The number of carbonyl (C=O) groups excluding carboxylic acids is 1. The molecule has 3 aromatic rings. The summed E-state index contributed by atoms with van der Waals surface area (Å²) in [7, 11) is 3.58. The third-order valence-electron chi connectivity index (χ3n) is 4.41. The molecule has 0 aliphatic rings. The standard InChI is InChI=1S/C20H22N6O/c1-13-10-18(21-3)25-19(24-13)15-6-5-7-16(11-15)20(27)26(4)14(2)17-8-9-22-12-23-17/h5-12,14H,1-4H3,(H,21,24,25). The van der Waals surface area contributed by atoms with Crippen LogP contribution in [-0.2, 0) is 0 Å². The van der Waals surface area contributed by atoms with Gasteiger partial charge in [-0.15, -0.1) is 0 Å². The molecule has 3 rings (SSSR count). The molecule has 2 heterocycles. The number of aromatic nitrogens is 4. The second kappa shape index (κ2) is 7.90. The van der Waals surface area contributed by atoms with Crippen LogP contribution in [0.25, 0.3) is 11.4 Å². The Morgan fingerprint density at radius 3 is 2.70 bits per heavy atom. The van der Waals surface area contributed by atoms with Crippen LogP contribution in [0.3, 0.4) is 0 Å². The molecule has 7 nitrogen and oxygen atoms in total. The van der Waals surface area contributed by atoms with Crippen LogP contribution in [0.15, 0.2) is 48.9 Å². The minimum absolute atomic E-state index is 0.0931. The summed E-state index contributed by atoms with van der Waals surface area (Å²) in [5.74, 6) is 1.23. The van der Waals surface area contributed by atoms with Gasteiger partial charge in [-0.2, -0.15) is 0 Å². The first-order valence-electron chi connectivity index (χ1n) is 8.66. The van der Waals surface area contributed by atoms with E-state index < -0.39 is 0 Å². The van der Waals surface area contributed by atoms with Crippen molar-refractivity contribution < 1.29 is 4.79 Å². The summed E-state index contributed by atoms with van der Waals surface area (Å²) in [6.07, 6.45) is 3.16. The number of nitrogens with zero attached hydrogens (tertiary/aromatic N) is 5. The third kappa shape index (κ3) is 4.08. The number of hydrogen-bond donors (Lipinski definition) is 1. The van der Waals surface area contributed by atoms with Gasteiger partial charge in [-0.1, -0.05) is 12.1 Å². The lowest BCUT2D eigenvalue weighted by atomic mass is 10.1. The quantitative estimate of drug-likeness (QED) is 0.751. The Labute approximate surface area is 158 Å². The summed E-state index contributed by atoms with van der Waals surface area (Å²) >= 11 is 0. The van der Waals surface area contributed by atoms with E-state index in [1.165, 1.54) is 6.33 Å². The molecule has 0 aliphatic heterocycles. The van der Waals surface area contributed by atoms with E-state index in [0.717, 1.165) is 22.8 Å². The largest absolute Gasteiger partial charge is 0.373 e. The van der Waals surface area contributed by atoms with Crippen molar-refractivity contribution in [3.8, 4) is 11.4 Å². The topological polar surface area (TPSA) is 83.9 Å². The Bertz CT molecular complexity index is 944. The van der Waals surface area contributed by atoms with Gasteiger partial charge in [0.15, 0.2) is 5.82 Å². The van der Waals surface area contributed by atoms with E-state index in [4.69, 9.17) is 0 Å². The van der Waals surface area contributed by atoms with Crippen LogP contribution in [0.2, 0.25) is 0 Å². The summed E-state index contributed by atoms with van der Waals surface area (Å²) in [5.41, 5.74) is 3.02. The predicted molar refractivity (Wildman–Crippen MR) is 104 cm³/mol. The normalized spacial score (nSPS) is 11.7. The number of aryl methyl sites for hydroxylation is 1. The highest BCUT2D eigenvalue weighted by Crippen LogP contribution is 2.22. The molecule has 0 bridgehead atoms. The van der Waals surface area contributed by atoms with Crippen LogP contribution >= 0.6 is 0 Å². The summed E-state index contributed by atoms with van der Waals surface area (Å²) in [6, 6.07) is 10.9. The number of carbonyl (C=O) groups is 1. The fraction of sp³-hybridized carbons (Fsp3) is 0.250. The Balaban J connectivity index is 1.89. The molecule has 1 unspecified atom stereocenters. The van der Waals surface area contributed by atoms with E-state index in [-0.39, 0.29) is 11.9 Å². The SMILES string of the molecule is CNc1cc(C)nc(-c2cccc(C(=O)N(C)C(C)c3ccncn3)c2)n1. The van der Waals surface area contributed by atoms with Crippen LogP contribution in [0.4, 0.5) is 5.82 Å². The van der Waals surface area contributed by atoms with E-state index in [1.807, 2.05) is 51.2 Å². The first kappa shape index (κ1) is 18.4. The van der Waals surface area contributed by atoms with Crippen molar-refractivity contribution in [2.24, 2.45) is 0 Å². The lowest BCUT2D eigenvalue weighted by molar-refractivity contribution is 0.0739. The molecule has 1 atom stereocenters. The minimum Gasteiger partial charge on any atom is -0.373 e. The lowest BCUT2D eigenvalue weighted by Gasteiger charge is -2.24. The molecule has 1 aromatic carbocycles.